The Morgan fingerprint density at radius 3 is 2.00 bits per heavy atom. The summed E-state index contributed by atoms with van der Waals surface area (Å²) in [7, 11) is 0. The van der Waals surface area contributed by atoms with Crippen LogP contribution in [0.5, 0.6) is 0 Å². The van der Waals surface area contributed by atoms with Gasteiger partial charge in [-0.05, 0) is 42.0 Å². The fourth-order valence-electron chi connectivity index (χ4n) is 4.55. The molecule has 3 amide bonds. The van der Waals surface area contributed by atoms with Crippen LogP contribution in [0.4, 0.5) is 23.7 Å². The lowest BCUT2D eigenvalue weighted by atomic mass is 10.1. The molecule has 4 rings (SSSR count). The number of urea groups is 1. The van der Waals surface area contributed by atoms with Crippen LogP contribution in [0.25, 0.3) is 0 Å². The van der Waals surface area contributed by atoms with Crippen molar-refractivity contribution < 1.29 is 32.7 Å². The Hall–Kier alpha value is -3.19. The topological polar surface area (TPSA) is 88.6 Å². The second-order valence-corrected chi connectivity index (χ2v) is 9.33. The van der Waals surface area contributed by atoms with Crippen LogP contribution in [0, 0.1) is 0 Å². The van der Waals surface area contributed by atoms with Crippen LogP contribution in [0.2, 0.25) is 0 Å². The molecule has 38 heavy (non-hydrogen) atoms. The SMILES string of the molecule is O=C(NO)c1ccc(CN(C(=O)N2CCN(CCN3CCOCC3)CC2)c2ccc(C(F)(F)F)cc2)cc1. The van der Waals surface area contributed by atoms with Crippen molar-refractivity contribution in [3.05, 3.63) is 65.2 Å². The first-order valence-electron chi connectivity index (χ1n) is 12.5. The van der Waals surface area contributed by atoms with Gasteiger partial charge in [-0.2, -0.15) is 13.2 Å². The first-order chi connectivity index (χ1) is 18.2. The van der Waals surface area contributed by atoms with E-state index >= 15 is 0 Å². The number of amides is 3. The van der Waals surface area contributed by atoms with Crippen LogP contribution in [0.1, 0.15) is 21.5 Å². The quantitative estimate of drug-likeness (QED) is 0.419. The summed E-state index contributed by atoms with van der Waals surface area (Å²) in [6, 6.07) is 10.5. The molecule has 0 unspecified atom stereocenters. The summed E-state index contributed by atoms with van der Waals surface area (Å²) in [4.78, 5) is 33.1. The van der Waals surface area contributed by atoms with Gasteiger partial charge in [-0.1, -0.05) is 12.1 Å². The van der Waals surface area contributed by atoms with E-state index in [2.05, 4.69) is 9.80 Å². The number of ether oxygens (including phenoxy) is 1. The minimum absolute atomic E-state index is 0.0997. The van der Waals surface area contributed by atoms with E-state index in [-0.39, 0.29) is 18.1 Å². The number of hydroxylamine groups is 1. The van der Waals surface area contributed by atoms with Gasteiger partial charge in [-0.3, -0.25) is 24.7 Å². The zero-order valence-corrected chi connectivity index (χ0v) is 21.0. The molecule has 2 saturated heterocycles. The Balaban J connectivity index is 1.44. The van der Waals surface area contributed by atoms with Crippen molar-refractivity contribution >= 4 is 17.6 Å². The molecule has 2 heterocycles. The number of carbonyl (C=O) groups is 2. The van der Waals surface area contributed by atoms with Gasteiger partial charge in [0.15, 0.2) is 0 Å². The number of rotatable bonds is 7. The number of alkyl halides is 3. The van der Waals surface area contributed by atoms with E-state index in [9.17, 15) is 22.8 Å². The zero-order valence-electron chi connectivity index (χ0n) is 21.0. The first-order valence-corrected chi connectivity index (χ1v) is 12.5. The highest BCUT2D eigenvalue weighted by atomic mass is 19.4. The molecule has 2 aliphatic rings. The summed E-state index contributed by atoms with van der Waals surface area (Å²) in [6.45, 7) is 7.73. The molecule has 2 fully saturated rings. The van der Waals surface area contributed by atoms with E-state index in [1.165, 1.54) is 29.2 Å². The molecule has 9 nitrogen and oxygen atoms in total. The molecule has 0 aromatic heterocycles. The van der Waals surface area contributed by atoms with Crippen LogP contribution in [-0.4, -0.2) is 97.4 Å². The highest BCUT2D eigenvalue weighted by Crippen LogP contribution is 2.31. The molecule has 2 aliphatic heterocycles. The lowest BCUT2D eigenvalue weighted by molar-refractivity contribution is -0.137. The van der Waals surface area contributed by atoms with Crippen molar-refractivity contribution in [1.82, 2.24) is 20.2 Å². The smallest absolute Gasteiger partial charge is 0.379 e. The number of nitrogens with one attached hydrogen (secondary N) is 1. The molecule has 0 saturated carbocycles. The van der Waals surface area contributed by atoms with Crippen molar-refractivity contribution in [1.29, 1.82) is 0 Å². The van der Waals surface area contributed by atoms with Gasteiger partial charge in [0.1, 0.15) is 0 Å². The Labute approximate surface area is 219 Å². The molecule has 0 radical (unpaired) electrons. The number of hydrogen-bond acceptors (Lipinski definition) is 6. The lowest BCUT2D eigenvalue weighted by Gasteiger charge is -2.38. The summed E-state index contributed by atoms with van der Waals surface area (Å²) in [5.74, 6) is -0.668. The van der Waals surface area contributed by atoms with E-state index < -0.39 is 17.6 Å². The predicted octanol–water partition coefficient (Wildman–Crippen LogP) is 2.90. The number of carbonyl (C=O) groups excluding carboxylic acids is 2. The first kappa shape index (κ1) is 27.8. The van der Waals surface area contributed by atoms with Gasteiger partial charge in [-0.25, -0.2) is 10.3 Å². The van der Waals surface area contributed by atoms with E-state index in [1.807, 2.05) is 0 Å². The maximum absolute atomic E-state index is 13.6. The van der Waals surface area contributed by atoms with Crippen molar-refractivity contribution in [3.8, 4) is 0 Å². The van der Waals surface area contributed by atoms with Crippen LogP contribution in [-0.2, 0) is 17.5 Å². The average molecular weight is 536 g/mol. The minimum Gasteiger partial charge on any atom is -0.379 e. The lowest BCUT2D eigenvalue weighted by Crippen LogP contribution is -2.54. The Bertz CT molecular complexity index is 1070. The average Bonchev–Trinajstić information content (AvgIpc) is 2.95. The fraction of sp³-hybridized carbons (Fsp3) is 0.462. The highest BCUT2D eigenvalue weighted by molar-refractivity contribution is 5.94. The number of halogens is 3. The number of morpholine rings is 1. The number of benzene rings is 2. The van der Waals surface area contributed by atoms with Gasteiger partial charge >= 0.3 is 12.2 Å². The highest BCUT2D eigenvalue weighted by Gasteiger charge is 2.31. The molecule has 2 aromatic carbocycles. The van der Waals surface area contributed by atoms with Gasteiger partial charge < -0.3 is 9.64 Å². The largest absolute Gasteiger partial charge is 0.416 e. The number of piperazine rings is 1. The van der Waals surface area contributed by atoms with Crippen molar-refractivity contribution in [3.63, 3.8) is 0 Å². The molecule has 206 valence electrons. The normalized spacial score (nSPS) is 17.3. The van der Waals surface area contributed by atoms with Crippen molar-refractivity contribution in [2.75, 3.05) is 70.5 Å². The van der Waals surface area contributed by atoms with Crippen LogP contribution >= 0.6 is 0 Å². The van der Waals surface area contributed by atoms with E-state index in [0.29, 0.717) is 37.4 Å². The molecule has 0 spiro atoms. The molecule has 0 bridgehead atoms. The third kappa shape index (κ3) is 7.22. The van der Waals surface area contributed by atoms with Gasteiger partial charge in [0, 0.05) is 63.6 Å². The van der Waals surface area contributed by atoms with E-state index in [1.54, 1.807) is 22.5 Å². The van der Waals surface area contributed by atoms with Crippen LogP contribution in [0.15, 0.2) is 48.5 Å². The monoisotopic (exact) mass is 535 g/mol. The maximum Gasteiger partial charge on any atom is 0.416 e. The second-order valence-electron chi connectivity index (χ2n) is 9.33. The number of anilines is 1. The summed E-state index contributed by atoms with van der Waals surface area (Å²) >= 11 is 0. The van der Waals surface area contributed by atoms with E-state index in [0.717, 1.165) is 51.5 Å². The standard InChI is InChI=1S/C26H32F3N5O4/c27-26(28,29)22-5-7-23(8-6-22)34(19-20-1-3-21(4-2-20)24(35)30-37)25(36)33-13-11-31(12-14-33)9-10-32-15-17-38-18-16-32/h1-8,37H,9-19H2,(H,30,35). The van der Waals surface area contributed by atoms with Gasteiger partial charge in [0.25, 0.3) is 5.91 Å². The number of nitrogens with zero attached hydrogens (tertiary/aromatic N) is 4. The van der Waals surface area contributed by atoms with Gasteiger partial charge in [0.2, 0.25) is 0 Å². The molecular formula is C26H32F3N5O4. The zero-order chi connectivity index (χ0) is 27.1. The van der Waals surface area contributed by atoms with Gasteiger partial charge in [-0.15, -0.1) is 0 Å². The van der Waals surface area contributed by atoms with E-state index in [4.69, 9.17) is 9.94 Å². The van der Waals surface area contributed by atoms with Crippen LogP contribution in [0.3, 0.4) is 0 Å². The predicted molar refractivity (Wildman–Crippen MR) is 134 cm³/mol. The molecule has 0 atom stereocenters. The second kappa shape index (κ2) is 12.6. The maximum atomic E-state index is 13.6. The fourth-order valence-corrected chi connectivity index (χ4v) is 4.55. The summed E-state index contributed by atoms with van der Waals surface area (Å²) in [5, 5.41) is 8.82. The Kier molecular flexibility index (Phi) is 9.21. The third-order valence-corrected chi connectivity index (χ3v) is 6.87. The minimum atomic E-state index is -4.48. The summed E-state index contributed by atoms with van der Waals surface area (Å²) < 4.78 is 44.7. The third-order valence-electron chi connectivity index (χ3n) is 6.87. The summed E-state index contributed by atoms with van der Waals surface area (Å²) in [6.07, 6.45) is -4.48. The Morgan fingerprint density at radius 1 is 0.868 bits per heavy atom. The van der Waals surface area contributed by atoms with Crippen molar-refractivity contribution in [2.45, 2.75) is 12.7 Å². The van der Waals surface area contributed by atoms with Crippen molar-refractivity contribution in [2.24, 2.45) is 0 Å². The van der Waals surface area contributed by atoms with Crippen LogP contribution < -0.4 is 10.4 Å². The molecule has 0 aliphatic carbocycles. The summed E-state index contributed by atoms with van der Waals surface area (Å²) in [5.41, 5.74) is 2.03. The molecule has 2 N–H and O–H groups in total. The number of hydrogen-bond donors (Lipinski definition) is 2. The molecular weight excluding hydrogens is 503 g/mol. The molecule has 12 heteroatoms. The van der Waals surface area contributed by atoms with Gasteiger partial charge in [0.05, 0.1) is 25.3 Å². The Morgan fingerprint density at radius 2 is 1.45 bits per heavy atom. The molecule has 2 aromatic rings.